The van der Waals surface area contributed by atoms with E-state index in [1.54, 1.807) is 12.1 Å². The zero-order chi connectivity index (χ0) is 10.7. The van der Waals surface area contributed by atoms with Crippen LogP contribution in [0.5, 0.6) is 5.88 Å². The van der Waals surface area contributed by atoms with E-state index in [-0.39, 0.29) is 17.9 Å². The van der Waals surface area contributed by atoms with Gasteiger partial charge < -0.3 is 4.74 Å². The number of carbonyl (C=O) groups is 1. The number of nitrogens with zero attached hydrogens (tertiary/aromatic N) is 1. The molecule has 0 fully saturated rings. The Hall–Kier alpha value is -2.30. The summed E-state index contributed by atoms with van der Waals surface area (Å²) in [7, 11) is 0. The first-order chi connectivity index (χ1) is 7.31. The molecule has 0 saturated carbocycles. The van der Waals surface area contributed by atoms with E-state index in [1.807, 2.05) is 18.2 Å². The first-order valence-corrected chi connectivity index (χ1v) is 4.29. The highest BCUT2D eigenvalue weighted by molar-refractivity contribution is 5.43. The number of aromatic nitrogens is 2. The third kappa shape index (κ3) is 1.80. The van der Waals surface area contributed by atoms with Gasteiger partial charge in [0.15, 0.2) is 0 Å². The van der Waals surface area contributed by atoms with Gasteiger partial charge in [0, 0.05) is 0 Å². The van der Waals surface area contributed by atoms with Crippen molar-refractivity contribution in [3.63, 3.8) is 0 Å². The van der Waals surface area contributed by atoms with Gasteiger partial charge in [0.25, 0.3) is 12.0 Å². The minimum absolute atomic E-state index is 0.124. The van der Waals surface area contributed by atoms with Crippen LogP contribution in [0.15, 0.2) is 41.2 Å². The quantitative estimate of drug-likeness (QED) is 0.748. The van der Waals surface area contributed by atoms with Gasteiger partial charge >= 0.3 is 0 Å². The molecule has 76 valence electrons. The number of carbonyl (C=O) groups excluding carboxylic acids is 1. The van der Waals surface area contributed by atoms with Crippen molar-refractivity contribution in [2.75, 3.05) is 0 Å². The van der Waals surface area contributed by atoms with E-state index in [0.717, 1.165) is 0 Å². The molecule has 0 spiro atoms. The van der Waals surface area contributed by atoms with Crippen LogP contribution in [0.25, 0.3) is 5.69 Å². The third-order valence-corrected chi connectivity index (χ3v) is 1.89. The molecule has 0 amide bonds. The third-order valence-electron chi connectivity index (χ3n) is 1.89. The fourth-order valence-electron chi connectivity index (χ4n) is 1.26. The second kappa shape index (κ2) is 3.83. The normalized spacial score (nSPS) is 9.87. The summed E-state index contributed by atoms with van der Waals surface area (Å²) in [6.07, 6.45) is 0. The highest BCUT2D eigenvalue weighted by Gasteiger charge is 2.04. The minimum Gasteiger partial charge on any atom is -0.410 e. The highest BCUT2D eigenvalue weighted by atomic mass is 16.5. The molecule has 2 aromatic rings. The molecule has 0 unspecified atom stereocenters. The van der Waals surface area contributed by atoms with E-state index in [4.69, 9.17) is 0 Å². The van der Waals surface area contributed by atoms with Crippen LogP contribution >= 0.6 is 0 Å². The molecule has 5 nitrogen and oxygen atoms in total. The van der Waals surface area contributed by atoms with Crippen molar-refractivity contribution in [1.29, 1.82) is 0 Å². The summed E-state index contributed by atoms with van der Waals surface area (Å²) in [6, 6.07) is 10.2. The number of H-pyrrole nitrogens is 1. The molecule has 1 aromatic carbocycles. The first-order valence-electron chi connectivity index (χ1n) is 4.29. The zero-order valence-corrected chi connectivity index (χ0v) is 7.71. The summed E-state index contributed by atoms with van der Waals surface area (Å²) in [5, 5.41) is 2.65. The van der Waals surface area contributed by atoms with Crippen molar-refractivity contribution in [3.05, 3.63) is 46.8 Å². The molecule has 0 saturated heterocycles. The number of benzene rings is 1. The molecule has 0 aliphatic heterocycles. The molecule has 0 bridgehead atoms. The lowest BCUT2D eigenvalue weighted by atomic mass is 10.3. The van der Waals surface area contributed by atoms with Gasteiger partial charge in [0.1, 0.15) is 0 Å². The molecular formula is C10H8N2O3. The second-order valence-electron chi connectivity index (χ2n) is 2.84. The Morgan fingerprint density at radius 1 is 1.27 bits per heavy atom. The molecule has 0 aliphatic carbocycles. The van der Waals surface area contributed by atoms with Crippen molar-refractivity contribution in [3.8, 4) is 11.6 Å². The molecule has 1 N–H and O–H groups in total. The van der Waals surface area contributed by atoms with Crippen molar-refractivity contribution < 1.29 is 9.53 Å². The van der Waals surface area contributed by atoms with Gasteiger partial charge in [-0.1, -0.05) is 18.2 Å². The van der Waals surface area contributed by atoms with Crippen molar-refractivity contribution >= 4 is 6.47 Å². The van der Waals surface area contributed by atoms with E-state index in [9.17, 15) is 9.59 Å². The van der Waals surface area contributed by atoms with Gasteiger partial charge in [0.2, 0.25) is 5.88 Å². The minimum atomic E-state index is -0.280. The van der Waals surface area contributed by atoms with Crippen LogP contribution in [0.3, 0.4) is 0 Å². The predicted molar refractivity (Wildman–Crippen MR) is 53.1 cm³/mol. The van der Waals surface area contributed by atoms with Gasteiger partial charge in [-0.3, -0.25) is 14.7 Å². The first kappa shape index (κ1) is 9.26. The Labute approximate surface area is 84.9 Å². The Balaban J connectivity index is 2.45. The Kier molecular flexibility index (Phi) is 2.37. The van der Waals surface area contributed by atoms with Gasteiger partial charge in [-0.15, -0.1) is 0 Å². The average Bonchev–Trinajstić information content (AvgIpc) is 2.61. The number of para-hydroxylation sites is 1. The lowest BCUT2D eigenvalue weighted by Gasteiger charge is -1.99. The number of aromatic amines is 1. The smallest absolute Gasteiger partial charge is 0.299 e. The fraction of sp³-hybridized carbons (Fsp3) is 0. The topological polar surface area (TPSA) is 64.1 Å². The van der Waals surface area contributed by atoms with Crippen LogP contribution in [-0.2, 0) is 4.79 Å². The zero-order valence-electron chi connectivity index (χ0n) is 7.71. The van der Waals surface area contributed by atoms with Gasteiger partial charge in [-0.05, 0) is 12.1 Å². The van der Waals surface area contributed by atoms with Crippen LogP contribution in [0.1, 0.15) is 0 Å². The standard InChI is InChI=1S/C10H8N2O3/c13-7-15-9-6-10(14)12(11-9)8-4-2-1-3-5-8/h1-7,11H. The van der Waals surface area contributed by atoms with Crippen LogP contribution in [0, 0.1) is 0 Å². The largest absolute Gasteiger partial charge is 0.410 e. The maximum Gasteiger partial charge on any atom is 0.299 e. The van der Waals surface area contributed by atoms with Gasteiger partial charge in [-0.2, -0.15) is 0 Å². The highest BCUT2D eigenvalue weighted by Crippen LogP contribution is 2.06. The lowest BCUT2D eigenvalue weighted by molar-refractivity contribution is -0.120. The van der Waals surface area contributed by atoms with Crippen molar-refractivity contribution in [2.45, 2.75) is 0 Å². The number of rotatable bonds is 3. The summed E-state index contributed by atoms with van der Waals surface area (Å²) in [5.74, 6) is 0.124. The maximum absolute atomic E-state index is 11.5. The predicted octanol–water partition coefficient (Wildman–Crippen LogP) is 0.701. The molecule has 1 aromatic heterocycles. The molecule has 0 atom stereocenters. The van der Waals surface area contributed by atoms with Crippen molar-refractivity contribution in [2.24, 2.45) is 0 Å². The summed E-state index contributed by atoms with van der Waals surface area (Å²) in [6.45, 7) is 0.264. The lowest BCUT2D eigenvalue weighted by Crippen LogP contribution is -2.12. The summed E-state index contributed by atoms with van der Waals surface area (Å²) < 4.78 is 5.82. The van der Waals surface area contributed by atoms with Crippen LogP contribution in [0.2, 0.25) is 0 Å². The summed E-state index contributed by atoms with van der Waals surface area (Å²) >= 11 is 0. The molecule has 1 heterocycles. The molecule has 15 heavy (non-hydrogen) atoms. The summed E-state index contributed by atoms with van der Waals surface area (Å²) in [5.41, 5.74) is 0.404. The SMILES string of the molecule is O=COc1cc(=O)n(-c2ccccc2)[nH]1. The van der Waals surface area contributed by atoms with E-state index >= 15 is 0 Å². The number of ether oxygens (including phenoxy) is 1. The summed E-state index contributed by atoms with van der Waals surface area (Å²) in [4.78, 5) is 21.5. The van der Waals surface area contributed by atoms with Crippen LogP contribution in [-0.4, -0.2) is 16.3 Å². The molecule has 2 rings (SSSR count). The fourth-order valence-corrected chi connectivity index (χ4v) is 1.26. The molecule has 5 heteroatoms. The average molecular weight is 204 g/mol. The number of hydrogen-bond acceptors (Lipinski definition) is 3. The maximum atomic E-state index is 11.5. The molecule has 0 radical (unpaired) electrons. The van der Waals surface area contributed by atoms with Crippen molar-refractivity contribution in [1.82, 2.24) is 9.78 Å². The second-order valence-corrected chi connectivity index (χ2v) is 2.84. The van der Waals surface area contributed by atoms with Gasteiger partial charge in [-0.25, -0.2) is 4.68 Å². The van der Waals surface area contributed by atoms with Crippen LogP contribution in [0.4, 0.5) is 0 Å². The van der Waals surface area contributed by atoms with Crippen LogP contribution < -0.4 is 10.3 Å². The Morgan fingerprint density at radius 3 is 2.67 bits per heavy atom. The molecule has 0 aliphatic rings. The monoisotopic (exact) mass is 204 g/mol. The van der Waals surface area contributed by atoms with E-state index in [0.29, 0.717) is 5.69 Å². The number of nitrogens with one attached hydrogen (secondary N) is 1. The van der Waals surface area contributed by atoms with Gasteiger partial charge in [0.05, 0.1) is 11.8 Å². The van der Waals surface area contributed by atoms with E-state index < -0.39 is 0 Å². The van der Waals surface area contributed by atoms with E-state index in [2.05, 4.69) is 9.84 Å². The van der Waals surface area contributed by atoms with E-state index in [1.165, 1.54) is 10.7 Å². The number of hydrogen-bond donors (Lipinski definition) is 1. The molecular weight excluding hydrogens is 196 g/mol. The Morgan fingerprint density at radius 2 is 2.00 bits per heavy atom. The Bertz CT molecular complexity index is 513.